The normalized spacial score (nSPS) is 28.2. The van der Waals surface area contributed by atoms with Gasteiger partial charge in [-0.15, -0.1) is 0 Å². The fraction of sp³-hybridized carbons (Fsp3) is 0.409. The van der Waals surface area contributed by atoms with Crippen molar-refractivity contribution in [2.24, 2.45) is 17.8 Å². The topological polar surface area (TPSA) is 58.6 Å². The molecule has 134 valence electrons. The molecule has 4 nitrogen and oxygen atoms in total. The van der Waals surface area contributed by atoms with Gasteiger partial charge >= 0.3 is 6.09 Å². The summed E-state index contributed by atoms with van der Waals surface area (Å²) >= 11 is 0. The third kappa shape index (κ3) is 2.52. The first-order valence-corrected chi connectivity index (χ1v) is 9.48. The molecule has 0 aromatic heterocycles. The molecular formula is C22H23NO3. The molecule has 0 radical (unpaired) electrons. The van der Waals surface area contributed by atoms with Crippen LogP contribution in [0.25, 0.3) is 11.1 Å². The number of fused-ring (bicyclic) bond motifs is 4. The smallest absolute Gasteiger partial charge is 0.407 e. The maximum Gasteiger partial charge on any atom is 0.407 e. The SMILES string of the molecule is O=C(N[C@H]1C[C@@H](CO)[C@@H]2C[C@@H]21)OCC1c2ccccc2-c2ccccc21. The van der Waals surface area contributed by atoms with Crippen molar-refractivity contribution in [1.29, 1.82) is 0 Å². The maximum atomic E-state index is 12.3. The van der Waals surface area contributed by atoms with Crippen LogP contribution >= 0.6 is 0 Å². The van der Waals surface area contributed by atoms with E-state index in [1.54, 1.807) is 0 Å². The Morgan fingerprint density at radius 3 is 2.27 bits per heavy atom. The number of alkyl carbamates (subject to hydrolysis) is 1. The van der Waals surface area contributed by atoms with E-state index in [4.69, 9.17) is 4.74 Å². The zero-order valence-corrected chi connectivity index (χ0v) is 14.6. The number of aliphatic hydroxyl groups is 1. The van der Waals surface area contributed by atoms with E-state index < -0.39 is 0 Å². The highest BCUT2D eigenvalue weighted by atomic mass is 16.5. The monoisotopic (exact) mass is 349 g/mol. The number of ether oxygens (including phenoxy) is 1. The fourth-order valence-corrected chi connectivity index (χ4v) is 5.08. The highest BCUT2D eigenvalue weighted by molar-refractivity contribution is 5.79. The molecule has 0 aliphatic heterocycles. The number of rotatable bonds is 4. The minimum Gasteiger partial charge on any atom is -0.449 e. The molecule has 1 amide bonds. The van der Waals surface area contributed by atoms with Gasteiger partial charge in [-0.1, -0.05) is 48.5 Å². The van der Waals surface area contributed by atoms with Crippen LogP contribution in [0, 0.1) is 17.8 Å². The van der Waals surface area contributed by atoms with Crippen molar-refractivity contribution in [3.63, 3.8) is 0 Å². The Kier molecular flexibility index (Phi) is 3.75. The zero-order valence-electron chi connectivity index (χ0n) is 14.6. The summed E-state index contributed by atoms with van der Waals surface area (Å²) in [6.07, 6.45) is 1.66. The highest BCUT2D eigenvalue weighted by Gasteiger charge is 2.54. The molecule has 4 atom stereocenters. The Hall–Kier alpha value is -2.33. The molecule has 3 aliphatic carbocycles. The molecule has 2 aromatic carbocycles. The minimum absolute atomic E-state index is 0.0931. The van der Waals surface area contributed by atoms with Crippen LogP contribution in [0.1, 0.15) is 29.9 Å². The minimum atomic E-state index is -0.332. The van der Waals surface area contributed by atoms with Crippen LogP contribution in [0.5, 0.6) is 0 Å². The number of carbonyl (C=O) groups excluding carboxylic acids is 1. The molecule has 2 saturated carbocycles. The molecule has 2 aromatic rings. The predicted octanol–water partition coefficient (Wildman–Crippen LogP) is 3.54. The first kappa shape index (κ1) is 15.9. The molecule has 0 spiro atoms. The standard InChI is InChI=1S/C22H23NO3/c24-11-13-9-21(19-10-18(13)19)23-22(25)26-12-20-16-7-3-1-5-14(16)15-6-2-4-8-17(15)20/h1-8,13,18-21,24H,9-12H2,(H,23,25)/t13-,18-,19-,21-/m0/s1. The van der Waals surface area contributed by atoms with Crippen LogP contribution in [0.15, 0.2) is 48.5 Å². The Balaban J connectivity index is 1.26. The summed E-state index contributed by atoms with van der Waals surface area (Å²) < 4.78 is 5.62. The fourth-order valence-electron chi connectivity index (χ4n) is 5.08. The van der Waals surface area contributed by atoms with Gasteiger partial charge in [-0.3, -0.25) is 0 Å². The van der Waals surface area contributed by atoms with Gasteiger partial charge in [0.25, 0.3) is 0 Å². The number of hydrogen-bond acceptors (Lipinski definition) is 3. The molecule has 3 aliphatic rings. The quantitative estimate of drug-likeness (QED) is 0.888. The van der Waals surface area contributed by atoms with Crippen LogP contribution in [0.4, 0.5) is 4.79 Å². The Bertz CT molecular complexity index is 803. The Morgan fingerprint density at radius 1 is 1.00 bits per heavy atom. The number of hydrogen-bond donors (Lipinski definition) is 2. The second kappa shape index (κ2) is 6.13. The number of nitrogens with one attached hydrogen (secondary N) is 1. The summed E-state index contributed by atoms with van der Waals surface area (Å²) in [5, 5.41) is 12.4. The van der Waals surface area contributed by atoms with Gasteiger partial charge in [0.15, 0.2) is 0 Å². The van der Waals surface area contributed by atoms with E-state index in [-0.39, 0.29) is 24.7 Å². The lowest BCUT2D eigenvalue weighted by Gasteiger charge is -2.18. The molecular weight excluding hydrogens is 326 g/mol. The van der Waals surface area contributed by atoms with E-state index in [0.29, 0.717) is 24.4 Å². The van der Waals surface area contributed by atoms with Crippen LogP contribution in [-0.2, 0) is 4.74 Å². The molecule has 2 fully saturated rings. The molecule has 0 heterocycles. The molecule has 0 saturated heterocycles. The number of carbonyl (C=O) groups is 1. The van der Waals surface area contributed by atoms with Crippen molar-refractivity contribution in [2.75, 3.05) is 13.2 Å². The van der Waals surface area contributed by atoms with Gasteiger partial charge in [0, 0.05) is 18.6 Å². The number of benzene rings is 2. The third-order valence-corrected chi connectivity index (χ3v) is 6.45. The average Bonchev–Trinajstić information content (AvgIpc) is 3.31. The second-order valence-electron chi connectivity index (χ2n) is 7.82. The summed E-state index contributed by atoms with van der Waals surface area (Å²) in [7, 11) is 0. The van der Waals surface area contributed by atoms with E-state index in [1.807, 2.05) is 12.1 Å². The molecule has 26 heavy (non-hydrogen) atoms. The molecule has 4 heteroatoms. The van der Waals surface area contributed by atoms with Crippen molar-refractivity contribution in [3.05, 3.63) is 59.7 Å². The molecule has 2 N–H and O–H groups in total. The lowest BCUT2D eigenvalue weighted by Crippen LogP contribution is -2.36. The molecule has 0 unspecified atom stereocenters. The maximum absolute atomic E-state index is 12.3. The van der Waals surface area contributed by atoms with E-state index in [1.165, 1.54) is 22.3 Å². The van der Waals surface area contributed by atoms with Gasteiger partial charge in [0.05, 0.1) is 0 Å². The van der Waals surface area contributed by atoms with Crippen molar-refractivity contribution in [3.8, 4) is 11.1 Å². The Morgan fingerprint density at radius 2 is 1.65 bits per heavy atom. The number of aliphatic hydroxyl groups excluding tert-OH is 1. The van der Waals surface area contributed by atoms with Gasteiger partial charge in [-0.2, -0.15) is 0 Å². The first-order chi connectivity index (χ1) is 12.8. The lowest BCUT2D eigenvalue weighted by molar-refractivity contribution is 0.136. The van der Waals surface area contributed by atoms with Crippen molar-refractivity contribution < 1.29 is 14.6 Å². The van der Waals surface area contributed by atoms with Gasteiger partial charge in [0.1, 0.15) is 6.61 Å². The van der Waals surface area contributed by atoms with Gasteiger partial charge in [0.2, 0.25) is 0 Å². The first-order valence-electron chi connectivity index (χ1n) is 9.48. The van der Waals surface area contributed by atoms with Gasteiger partial charge in [-0.05, 0) is 52.8 Å². The Labute approximate surface area is 153 Å². The molecule has 5 rings (SSSR count). The lowest BCUT2D eigenvalue weighted by atomic mass is 9.98. The largest absolute Gasteiger partial charge is 0.449 e. The van der Waals surface area contributed by atoms with E-state index >= 15 is 0 Å². The van der Waals surface area contributed by atoms with E-state index in [2.05, 4.69) is 41.7 Å². The van der Waals surface area contributed by atoms with Crippen LogP contribution < -0.4 is 5.32 Å². The van der Waals surface area contributed by atoms with Crippen molar-refractivity contribution in [2.45, 2.75) is 24.8 Å². The summed E-state index contributed by atoms with van der Waals surface area (Å²) in [4.78, 5) is 12.3. The average molecular weight is 349 g/mol. The predicted molar refractivity (Wildman–Crippen MR) is 98.8 cm³/mol. The summed E-state index contributed by atoms with van der Waals surface area (Å²) in [6.45, 7) is 0.578. The van der Waals surface area contributed by atoms with Crippen molar-refractivity contribution >= 4 is 6.09 Å². The summed E-state index contributed by atoms with van der Waals surface area (Å²) in [5.41, 5.74) is 4.92. The van der Waals surface area contributed by atoms with Crippen LogP contribution in [0.3, 0.4) is 0 Å². The van der Waals surface area contributed by atoms with Crippen LogP contribution in [0.2, 0.25) is 0 Å². The van der Waals surface area contributed by atoms with Gasteiger partial charge in [-0.25, -0.2) is 4.79 Å². The summed E-state index contributed by atoms with van der Waals surface area (Å²) in [5.74, 6) is 1.57. The third-order valence-electron chi connectivity index (χ3n) is 6.45. The van der Waals surface area contributed by atoms with Crippen LogP contribution in [-0.4, -0.2) is 30.5 Å². The zero-order chi connectivity index (χ0) is 17.7. The second-order valence-corrected chi connectivity index (χ2v) is 7.82. The van der Waals surface area contributed by atoms with Gasteiger partial charge < -0.3 is 15.2 Å². The highest BCUT2D eigenvalue weighted by Crippen LogP contribution is 2.55. The molecule has 0 bridgehead atoms. The van der Waals surface area contributed by atoms with E-state index in [0.717, 1.165) is 12.8 Å². The van der Waals surface area contributed by atoms with Crippen molar-refractivity contribution in [1.82, 2.24) is 5.32 Å². The van der Waals surface area contributed by atoms with E-state index in [9.17, 15) is 9.90 Å². The summed E-state index contributed by atoms with van der Waals surface area (Å²) in [6, 6.07) is 16.9. The number of amides is 1.